The molecule has 0 radical (unpaired) electrons. The van der Waals surface area contributed by atoms with Gasteiger partial charge >= 0.3 is 0 Å². The summed E-state index contributed by atoms with van der Waals surface area (Å²) in [5, 5.41) is 12.2. The van der Waals surface area contributed by atoms with Crippen LogP contribution in [0, 0.1) is 5.82 Å². The Balaban J connectivity index is 1.83. The van der Waals surface area contributed by atoms with Crippen LogP contribution in [0.25, 0.3) is 0 Å². The molecule has 1 heterocycles. The van der Waals surface area contributed by atoms with E-state index in [1.165, 1.54) is 35.6 Å². The molecule has 20 heavy (non-hydrogen) atoms. The Morgan fingerprint density at radius 1 is 1.30 bits per heavy atom. The summed E-state index contributed by atoms with van der Waals surface area (Å²) in [6, 6.07) is 9.30. The van der Waals surface area contributed by atoms with Crippen molar-refractivity contribution in [2.24, 2.45) is 0 Å². The maximum absolute atomic E-state index is 12.7. The number of hydrogen-bond donors (Lipinski definition) is 2. The summed E-state index contributed by atoms with van der Waals surface area (Å²) in [6.07, 6.45) is 0.257. The zero-order chi connectivity index (χ0) is 14.5. The minimum atomic E-state index is -0.456. The smallest absolute Gasteiger partial charge is 0.251 e. The first kappa shape index (κ1) is 14.7. The fourth-order valence-corrected chi connectivity index (χ4v) is 2.71. The molecule has 0 aliphatic heterocycles. The highest BCUT2D eigenvalue weighted by atomic mass is 32.1. The molecule has 0 saturated carbocycles. The number of carbonyl (C=O) groups is 1. The second-order valence-electron chi connectivity index (χ2n) is 4.49. The molecular formula is C15H16FNO2S. The Kier molecular flexibility index (Phi) is 4.87. The van der Waals surface area contributed by atoms with E-state index in [1.54, 1.807) is 6.92 Å². The van der Waals surface area contributed by atoms with Crippen LogP contribution in [0.5, 0.6) is 0 Å². The van der Waals surface area contributed by atoms with Crippen molar-refractivity contribution >= 4 is 17.2 Å². The van der Waals surface area contributed by atoms with Gasteiger partial charge in [0.25, 0.3) is 5.91 Å². The lowest BCUT2D eigenvalue weighted by Crippen LogP contribution is -2.25. The maximum Gasteiger partial charge on any atom is 0.251 e. The molecule has 3 nitrogen and oxygen atoms in total. The van der Waals surface area contributed by atoms with Crippen molar-refractivity contribution in [1.82, 2.24) is 5.32 Å². The number of aliphatic hydroxyl groups is 1. The quantitative estimate of drug-likeness (QED) is 0.890. The highest BCUT2D eigenvalue weighted by molar-refractivity contribution is 7.12. The van der Waals surface area contributed by atoms with Crippen molar-refractivity contribution in [1.29, 1.82) is 0 Å². The van der Waals surface area contributed by atoms with E-state index in [0.29, 0.717) is 18.5 Å². The third-order valence-electron chi connectivity index (χ3n) is 2.86. The highest BCUT2D eigenvalue weighted by Gasteiger charge is 2.07. The fraction of sp³-hybridized carbons (Fsp3) is 0.267. The third-order valence-corrected chi connectivity index (χ3v) is 4.17. The van der Waals surface area contributed by atoms with E-state index in [-0.39, 0.29) is 11.7 Å². The number of carbonyl (C=O) groups excluding carboxylic acids is 1. The van der Waals surface area contributed by atoms with Crippen molar-refractivity contribution in [2.75, 3.05) is 6.54 Å². The summed E-state index contributed by atoms with van der Waals surface area (Å²) in [5.74, 6) is -0.567. The molecular weight excluding hydrogens is 277 g/mol. The predicted molar refractivity (Wildman–Crippen MR) is 77.4 cm³/mol. The standard InChI is InChI=1S/C15H16FNO2S/c1-10(18)14-7-6-13(20-14)8-9-17-15(19)11-2-4-12(16)5-3-11/h2-7,10,18H,8-9H2,1H3,(H,17,19). The van der Waals surface area contributed by atoms with Crippen LogP contribution in [0.3, 0.4) is 0 Å². The summed E-state index contributed by atoms with van der Waals surface area (Å²) >= 11 is 1.54. The predicted octanol–water partition coefficient (Wildman–Crippen LogP) is 2.91. The molecule has 5 heteroatoms. The Bertz CT molecular complexity index is 578. The molecule has 0 aliphatic carbocycles. The van der Waals surface area contributed by atoms with Crippen molar-refractivity contribution in [3.05, 3.63) is 57.5 Å². The van der Waals surface area contributed by atoms with Gasteiger partial charge in [-0.3, -0.25) is 4.79 Å². The van der Waals surface area contributed by atoms with Gasteiger partial charge < -0.3 is 10.4 Å². The van der Waals surface area contributed by atoms with Gasteiger partial charge in [0.1, 0.15) is 5.82 Å². The van der Waals surface area contributed by atoms with E-state index < -0.39 is 6.10 Å². The van der Waals surface area contributed by atoms with Gasteiger partial charge in [0.05, 0.1) is 6.10 Å². The van der Waals surface area contributed by atoms with Gasteiger partial charge in [0.15, 0.2) is 0 Å². The first-order valence-corrected chi connectivity index (χ1v) is 7.18. The molecule has 1 unspecified atom stereocenters. The molecule has 0 aliphatic rings. The number of amides is 1. The largest absolute Gasteiger partial charge is 0.388 e. The van der Waals surface area contributed by atoms with E-state index in [4.69, 9.17) is 0 Å². The number of hydrogen-bond acceptors (Lipinski definition) is 3. The maximum atomic E-state index is 12.7. The number of thiophene rings is 1. The van der Waals surface area contributed by atoms with Gasteiger partial charge in [-0.05, 0) is 49.7 Å². The summed E-state index contributed by atoms with van der Waals surface area (Å²) in [7, 11) is 0. The van der Waals surface area contributed by atoms with Gasteiger partial charge in [-0.2, -0.15) is 0 Å². The molecule has 0 bridgehead atoms. The molecule has 2 N–H and O–H groups in total. The highest BCUT2D eigenvalue weighted by Crippen LogP contribution is 2.22. The van der Waals surface area contributed by atoms with E-state index in [0.717, 1.165) is 9.75 Å². The SMILES string of the molecule is CC(O)c1ccc(CCNC(=O)c2ccc(F)cc2)s1. The van der Waals surface area contributed by atoms with Crippen LogP contribution in [-0.4, -0.2) is 17.6 Å². The van der Waals surface area contributed by atoms with Gasteiger partial charge in [-0.25, -0.2) is 4.39 Å². The molecule has 106 valence electrons. The Morgan fingerprint density at radius 3 is 2.60 bits per heavy atom. The first-order valence-electron chi connectivity index (χ1n) is 6.36. The Labute approximate surface area is 121 Å². The van der Waals surface area contributed by atoms with Gasteiger partial charge in [-0.1, -0.05) is 0 Å². The zero-order valence-corrected chi connectivity index (χ0v) is 11.9. The summed E-state index contributed by atoms with van der Waals surface area (Å²) in [4.78, 5) is 13.8. The molecule has 1 aromatic heterocycles. The van der Waals surface area contributed by atoms with E-state index in [2.05, 4.69) is 5.32 Å². The van der Waals surface area contributed by atoms with E-state index in [1.807, 2.05) is 12.1 Å². The van der Waals surface area contributed by atoms with Crippen LogP contribution in [0.2, 0.25) is 0 Å². The van der Waals surface area contributed by atoms with Crippen LogP contribution in [0.1, 0.15) is 33.1 Å². The van der Waals surface area contributed by atoms with Crippen LogP contribution < -0.4 is 5.32 Å². The lowest BCUT2D eigenvalue weighted by molar-refractivity contribution is 0.0954. The minimum Gasteiger partial charge on any atom is -0.388 e. The number of halogens is 1. The topological polar surface area (TPSA) is 49.3 Å². The lowest BCUT2D eigenvalue weighted by atomic mass is 10.2. The number of rotatable bonds is 5. The van der Waals surface area contributed by atoms with Crippen molar-refractivity contribution < 1.29 is 14.3 Å². The van der Waals surface area contributed by atoms with Gasteiger partial charge in [0.2, 0.25) is 0 Å². The molecule has 2 rings (SSSR count). The first-order chi connectivity index (χ1) is 9.56. The number of nitrogens with one attached hydrogen (secondary N) is 1. The van der Waals surface area contributed by atoms with Crippen molar-refractivity contribution in [3.63, 3.8) is 0 Å². The van der Waals surface area contributed by atoms with Crippen molar-refractivity contribution in [3.8, 4) is 0 Å². The van der Waals surface area contributed by atoms with Gasteiger partial charge in [-0.15, -0.1) is 11.3 Å². The lowest BCUT2D eigenvalue weighted by Gasteiger charge is -2.04. The molecule has 2 aromatic rings. The average Bonchev–Trinajstić information content (AvgIpc) is 2.88. The molecule has 0 fully saturated rings. The van der Waals surface area contributed by atoms with Crippen molar-refractivity contribution in [2.45, 2.75) is 19.4 Å². The van der Waals surface area contributed by atoms with Crippen LogP contribution in [-0.2, 0) is 6.42 Å². The molecule has 1 amide bonds. The van der Waals surface area contributed by atoms with E-state index >= 15 is 0 Å². The van der Waals surface area contributed by atoms with E-state index in [9.17, 15) is 14.3 Å². The Morgan fingerprint density at radius 2 is 2.00 bits per heavy atom. The monoisotopic (exact) mass is 293 g/mol. The summed E-state index contributed by atoms with van der Waals surface area (Å²) in [5.41, 5.74) is 0.447. The summed E-state index contributed by atoms with van der Waals surface area (Å²) < 4.78 is 12.7. The Hall–Kier alpha value is -1.72. The molecule has 1 atom stereocenters. The second-order valence-corrected chi connectivity index (χ2v) is 5.69. The molecule has 1 aromatic carbocycles. The zero-order valence-electron chi connectivity index (χ0n) is 11.1. The van der Waals surface area contributed by atoms with Gasteiger partial charge in [0, 0.05) is 21.9 Å². The number of aliphatic hydroxyl groups excluding tert-OH is 1. The summed E-state index contributed by atoms with van der Waals surface area (Å²) in [6.45, 7) is 2.24. The molecule has 0 spiro atoms. The minimum absolute atomic E-state index is 0.211. The van der Waals surface area contributed by atoms with Crippen LogP contribution in [0.15, 0.2) is 36.4 Å². The second kappa shape index (κ2) is 6.63. The van der Waals surface area contributed by atoms with Crippen LogP contribution in [0.4, 0.5) is 4.39 Å². The normalized spacial score (nSPS) is 12.2. The average molecular weight is 293 g/mol. The molecule has 0 saturated heterocycles. The number of benzene rings is 1. The van der Waals surface area contributed by atoms with Crippen LogP contribution >= 0.6 is 11.3 Å². The third kappa shape index (κ3) is 3.88. The fourth-order valence-electron chi connectivity index (χ4n) is 1.76.